The van der Waals surface area contributed by atoms with E-state index in [1.165, 1.54) is 41.1 Å². The average molecular weight is 780 g/mol. The van der Waals surface area contributed by atoms with Gasteiger partial charge in [-0.15, -0.1) is 22.7 Å². The monoisotopic (exact) mass is 778 g/mol. The lowest BCUT2D eigenvalue weighted by atomic mass is 10.1. The molecule has 51 heavy (non-hydrogen) atoms. The van der Waals surface area contributed by atoms with Crippen molar-refractivity contribution in [3.63, 3.8) is 0 Å². The highest BCUT2D eigenvalue weighted by Crippen LogP contribution is 2.40. The van der Waals surface area contributed by atoms with E-state index >= 15 is 0 Å². The van der Waals surface area contributed by atoms with E-state index in [1.54, 1.807) is 34.2 Å². The van der Waals surface area contributed by atoms with Crippen LogP contribution in [0, 0.1) is 0 Å². The van der Waals surface area contributed by atoms with Crippen LogP contribution in [0.4, 0.5) is 11.4 Å². The number of thiophene rings is 2. The SMILES string of the molecule is C.CN(C)c1ccnc2sc3c(=O)n(-c4ccc(Br)cc4)cnc3c12.CN(C)c1ccnc2sc3c(=O)n(-c4ccc(C5CC5)cc4)cnc3c12. The van der Waals surface area contributed by atoms with Gasteiger partial charge in [-0.1, -0.05) is 35.5 Å². The van der Waals surface area contributed by atoms with Crippen molar-refractivity contribution in [1.29, 1.82) is 0 Å². The third-order valence-electron chi connectivity index (χ3n) is 8.81. The molecule has 6 heterocycles. The molecule has 0 saturated heterocycles. The Morgan fingerprint density at radius 1 is 0.647 bits per heavy atom. The third kappa shape index (κ3) is 6.19. The molecule has 0 radical (unpaired) electrons. The lowest BCUT2D eigenvalue weighted by Gasteiger charge is -2.13. The maximum absolute atomic E-state index is 13.1. The predicted molar refractivity (Wildman–Crippen MR) is 216 cm³/mol. The maximum Gasteiger partial charge on any atom is 0.275 e. The van der Waals surface area contributed by atoms with Gasteiger partial charge in [0.05, 0.1) is 44.6 Å². The molecule has 1 aliphatic rings. The third-order valence-corrected chi connectivity index (χ3v) is 11.5. The van der Waals surface area contributed by atoms with Crippen LogP contribution in [0.3, 0.4) is 0 Å². The summed E-state index contributed by atoms with van der Waals surface area (Å²) < 4.78 is 5.44. The van der Waals surface area contributed by atoms with Crippen LogP contribution in [0.15, 0.2) is 99.8 Å². The average Bonchev–Trinajstić information content (AvgIpc) is 3.79. The lowest BCUT2D eigenvalue weighted by Crippen LogP contribution is -2.17. The van der Waals surface area contributed by atoms with E-state index in [4.69, 9.17) is 0 Å². The zero-order valence-electron chi connectivity index (χ0n) is 27.7. The van der Waals surface area contributed by atoms with Gasteiger partial charge < -0.3 is 9.80 Å². The molecule has 6 aromatic heterocycles. The van der Waals surface area contributed by atoms with E-state index in [2.05, 4.69) is 48.0 Å². The first-order chi connectivity index (χ1) is 24.2. The molecule has 9 rings (SSSR count). The Balaban J connectivity index is 0.000000157. The highest BCUT2D eigenvalue weighted by Gasteiger charge is 2.23. The van der Waals surface area contributed by atoms with Gasteiger partial charge in [0.2, 0.25) is 0 Å². The summed E-state index contributed by atoms with van der Waals surface area (Å²) in [5.41, 5.74) is 6.37. The minimum Gasteiger partial charge on any atom is -0.377 e. The maximum atomic E-state index is 13.1. The quantitative estimate of drug-likeness (QED) is 0.172. The second-order valence-corrected chi connectivity index (χ2v) is 15.5. The molecule has 8 aromatic rings. The van der Waals surface area contributed by atoms with Crippen molar-refractivity contribution in [3.8, 4) is 11.4 Å². The zero-order valence-corrected chi connectivity index (χ0v) is 30.9. The first-order valence-corrected chi connectivity index (χ1v) is 18.4. The van der Waals surface area contributed by atoms with E-state index in [-0.39, 0.29) is 18.5 Å². The van der Waals surface area contributed by atoms with Crippen LogP contribution in [0.25, 0.3) is 52.2 Å². The number of pyridine rings is 2. The number of hydrogen-bond donors (Lipinski definition) is 0. The van der Waals surface area contributed by atoms with Crippen molar-refractivity contribution >= 4 is 90.8 Å². The van der Waals surface area contributed by atoms with Crippen molar-refractivity contribution in [2.75, 3.05) is 38.0 Å². The fraction of sp³-hybridized carbons (Fsp3) is 0.211. The molecule has 0 unspecified atom stereocenters. The largest absolute Gasteiger partial charge is 0.377 e. The summed E-state index contributed by atoms with van der Waals surface area (Å²) >= 11 is 6.21. The van der Waals surface area contributed by atoms with Gasteiger partial charge in [0.25, 0.3) is 11.1 Å². The molecule has 0 amide bonds. The van der Waals surface area contributed by atoms with Gasteiger partial charge >= 0.3 is 0 Å². The van der Waals surface area contributed by atoms with Gasteiger partial charge in [-0.3, -0.25) is 18.7 Å². The molecule has 0 spiro atoms. The van der Waals surface area contributed by atoms with Crippen LogP contribution in [0.2, 0.25) is 0 Å². The van der Waals surface area contributed by atoms with E-state index in [0.29, 0.717) is 20.8 Å². The van der Waals surface area contributed by atoms with E-state index in [0.717, 1.165) is 53.2 Å². The summed E-state index contributed by atoms with van der Waals surface area (Å²) in [7, 11) is 7.92. The number of halogens is 1. The minimum atomic E-state index is -0.0740. The Labute approximate surface area is 310 Å². The molecule has 10 nitrogen and oxygen atoms in total. The van der Waals surface area contributed by atoms with Gasteiger partial charge in [0, 0.05) is 45.1 Å². The van der Waals surface area contributed by atoms with Crippen LogP contribution < -0.4 is 20.9 Å². The van der Waals surface area contributed by atoms with Crippen LogP contribution >= 0.6 is 38.6 Å². The van der Waals surface area contributed by atoms with Crippen LogP contribution in [-0.4, -0.2) is 57.3 Å². The smallest absolute Gasteiger partial charge is 0.275 e. The molecule has 1 fully saturated rings. The molecule has 0 N–H and O–H groups in total. The van der Waals surface area contributed by atoms with Gasteiger partial charge in [-0.2, -0.15) is 0 Å². The van der Waals surface area contributed by atoms with Gasteiger partial charge in [-0.25, -0.2) is 19.9 Å². The normalized spacial score (nSPS) is 12.6. The first-order valence-electron chi connectivity index (χ1n) is 16.0. The Morgan fingerprint density at radius 3 is 1.49 bits per heavy atom. The first kappa shape index (κ1) is 34.5. The van der Waals surface area contributed by atoms with Crippen molar-refractivity contribution in [1.82, 2.24) is 29.1 Å². The van der Waals surface area contributed by atoms with Crippen molar-refractivity contribution in [2.45, 2.75) is 26.2 Å². The summed E-state index contributed by atoms with van der Waals surface area (Å²) in [6.45, 7) is 0. The molecule has 0 bridgehead atoms. The molecular weight excluding hydrogens is 745 g/mol. The summed E-state index contributed by atoms with van der Waals surface area (Å²) in [5.74, 6) is 0.708. The summed E-state index contributed by atoms with van der Waals surface area (Å²) in [5, 5.41) is 1.88. The van der Waals surface area contributed by atoms with E-state index < -0.39 is 0 Å². The number of aromatic nitrogens is 6. The van der Waals surface area contributed by atoms with Crippen molar-refractivity contribution in [3.05, 3.63) is 116 Å². The summed E-state index contributed by atoms with van der Waals surface area (Å²) in [6, 6.07) is 19.8. The topological polar surface area (TPSA) is 102 Å². The summed E-state index contributed by atoms with van der Waals surface area (Å²) in [6.07, 6.45) is 9.32. The van der Waals surface area contributed by atoms with E-state index in [9.17, 15) is 9.59 Å². The number of hydrogen-bond acceptors (Lipinski definition) is 10. The second kappa shape index (κ2) is 13.6. The predicted octanol–water partition coefficient (Wildman–Crippen LogP) is 8.40. The second-order valence-electron chi connectivity index (χ2n) is 12.6. The number of anilines is 2. The fourth-order valence-electron chi connectivity index (χ4n) is 6.11. The molecular formula is C38H35BrN8O2S2. The highest BCUT2D eigenvalue weighted by atomic mass is 79.9. The lowest BCUT2D eigenvalue weighted by molar-refractivity contribution is 0.964. The number of rotatable bonds is 5. The van der Waals surface area contributed by atoms with Crippen molar-refractivity contribution in [2.24, 2.45) is 0 Å². The minimum absolute atomic E-state index is 0. The molecule has 258 valence electrons. The number of fused-ring (bicyclic) bond motifs is 6. The van der Waals surface area contributed by atoms with Crippen molar-refractivity contribution < 1.29 is 0 Å². The van der Waals surface area contributed by atoms with Gasteiger partial charge in [-0.05, 0) is 72.9 Å². The van der Waals surface area contributed by atoms with Gasteiger partial charge in [0.1, 0.15) is 31.7 Å². The van der Waals surface area contributed by atoms with E-state index in [1.807, 2.05) is 86.5 Å². The van der Waals surface area contributed by atoms with Crippen LogP contribution in [-0.2, 0) is 0 Å². The van der Waals surface area contributed by atoms with Gasteiger partial charge in [0.15, 0.2) is 0 Å². The zero-order chi connectivity index (χ0) is 34.7. The molecule has 2 aromatic carbocycles. The van der Waals surface area contributed by atoms with Crippen LogP contribution in [0.1, 0.15) is 31.7 Å². The highest BCUT2D eigenvalue weighted by molar-refractivity contribution is 9.10. The number of nitrogens with zero attached hydrogens (tertiary/aromatic N) is 8. The Bertz CT molecular complexity index is 2680. The molecule has 13 heteroatoms. The summed E-state index contributed by atoms with van der Waals surface area (Å²) in [4.78, 5) is 49.8. The standard InChI is InChI=1S/C20H18N4OS.C17H13BrN4OS.CH4/c1-23(2)15-9-10-21-19-16(15)17-18(26-19)20(25)24(11-22-17)14-7-5-13(6-8-14)12-3-4-12;1-21(2)12-7-8-19-16-13(12)14-15(24-16)17(23)22(9-20-14)11-5-3-10(18)4-6-11;/h5-12H,3-4H2,1-2H3;3-9H,1-2H3;1H4. The molecule has 1 saturated carbocycles. The Hall–Kier alpha value is -4.98. The Kier molecular flexibility index (Phi) is 9.21. The molecule has 0 aliphatic heterocycles. The number of benzene rings is 2. The van der Waals surface area contributed by atoms with Crippen LogP contribution in [0.5, 0.6) is 0 Å². The molecule has 1 aliphatic carbocycles. The molecule has 0 atom stereocenters. The fourth-order valence-corrected chi connectivity index (χ4v) is 8.47. The Morgan fingerprint density at radius 2 is 1.08 bits per heavy atom.